The molecule has 0 bridgehead atoms. The molecule has 0 aliphatic heterocycles. The molecule has 1 aliphatic rings. The third-order valence-electron chi connectivity index (χ3n) is 2.64. The number of carbonyl (C=O) groups is 2. The van der Waals surface area contributed by atoms with Gasteiger partial charge in [-0.25, -0.2) is 0 Å². The number of carboxylic acids is 1. The molecule has 0 heterocycles. The lowest BCUT2D eigenvalue weighted by Crippen LogP contribution is -2.20. The van der Waals surface area contributed by atoms with E-state index in [-0.39, 0.29) is 17.6 Å². The molecule has 0 radical (unpaired) electrons. The van der Waals surface area contributed by atoms with Gasteiger partial charge in [-0.15, -0.1) is 0 Å². The van der Waals surface area contributed by atoms with Crippen molar-refractivity contribution in [3.8, 4) is 0 Å². The summed E-state index contributed by atoms with van der Waals surface area (Å²) < 4.78 is 0. The fourth-order valence-electron chi connectivity index (χ4n) is 1.42. The Kier molecular flexibility index (Phi) is 1.98. The van der Waals surface area contributed by atoms with E-state index >= 15 is 0 Å². The average Bonchev–Trinajstić information content (AvgIpc) is 2.62. The van der Waals surface area contributed by atoms with Gasteiger partial charge in [0.1, 0.15) is 5.78 Å². The monoisotopic (exact) mass is 170 g/mol. The molecule has 12 heavy (non-hydrogen) atoms. The summed E-state index contributed by atoms with van der Waals surface area (Å²) in [5, 5.41) is 8.76. The summed E-state index contributed by atoms with van der Waals surface area (Å²) in [6.07, 6.45) is 0.513. The Morgan fingerprint density at radius 3 is 2.25 bits per heavy atom. The van der Waals surface area contributed by atoms with Gasteiger partial charge >= 0.3 is 5.97 Å². The zero-order valence-electron chi connectivity index (χ0n) is 7.63. The summed E-state index contributed by atoms with van der Waals surface area (Å²) in [5.74, 6) is -1.05. The fraction of sp³-hybridized carbons (Fsp3) is 0.778. The predicted molar refractivity (Wildman–Crippen MR) is 43.7 cm³/mol. The smallest absolute Gasteiger partial charge is 0.310 e. The first-order chi connectivity index (χ1) is 5.39. The minimum absolute atomic E-state index is 0.0452. The van der Waals surface area contributed by atoms with Crippen LogP contribution in [0, 0.1) is 17.3 Å². The van der Waals surface area contributed by atoms with E-state index in [9.17, 15) is 9.59 Å². The summed E-state index contributed by atoms with van der Waals surface area (Å²) >= 11 is 0. The van der Waals surface area contributed by atoms with Crippen LogP contribution in [-0.2, 0) is 9.59 Å². The van der Waals surface area contributed by atoms with Crippen molar-refractivity contribution in [3.63, 3.8) is 0 Å². The molecule has 68 valence electrons. The molecule has 0 spiro atoms. The minimum Gasteiger partial charge on any atom is -0.481 e. The van der Waals surface area contributed by atoms with Gasteiger partial charge < -0.3 is 5.11 Å². The van der Waals surface area contributed by atoms with Crippen LogP contribution in [0.1, 0.15) is 27.2 Å². The standard InChI is InChI=1S/C9H14O3/c1-5(2)7(10)6-4-9(6,3)8(11)12/h5-6H,4H2,1-3H3,(H,11,12). The molecule has 1 saturated carbocycles. The van der Waals surface area contributed by atoms with Crippen molar-refractivity contribution >= 4 is 11.8 Å². The van der Waals surface area contributed by atoms with Gasteiger partial charge in [0.05, 0.1) is 5.41 Å². The van der Waals surface area contributed by atoms with Crippen LogP contribution in [0.15, 0.2) is 0 Å². The van der Waals surface area contributed by atoms with Crippen molar-refractivity contribution in [3.05, 3.63) is 0 Å². The lowest BCUT2D eigenvalue weighted by molar-refractivity contribution is -0.144. The van der Waals surface area contributed by atoms with E-state index in [1.165, 1.54) is 0 Å². The van der Waals surface area contributed by atoms with E-state index in [0.717, 1.165) is 0 Å². The number of rotatable bonds is 3. The van der Waals surface area contributed by atoms with Gasteiger partial charge in [-0.05, 0) is 13.3 Å². The molecule has 0 aromatic rings. The van der Waals surface area contributed by atoms with Crippen LogP contribution in [0.5, 0.6) is 0 Å². The topological polar surface area (TPSA) is 54.4 Å². The van der Waals surface area contributed by atoms with E-state index in [1.54, 1.807) is 6.92 Å². The van der Waals surface area contributed by atoms with Gasteiger partial charge in [-0.3, -0.25) is 9.59 Å². The third kappa shape index (κ3) is 1.24. The highest BCUT2D eigenvalue weighted by Crippen LogP contribution is 2.53. The number of Topliss-reactive ketones (excluding diaryl/α,β-unsaturated/α-hetero) is 1. The first kappa shape index (κ1) is 9.23. The maximum atomic E-state index is 11.4. The van der Waals surface area contributed by atoms with Crippen molar-refractivity contribution in [1.29, 1.82) is 0 Å². The lowest BCUT2D eigenvalue weighted by atomic mass is 9.98. The molecular weight excluding hydrogens is 156 g/mol. The van der Waals surface area contributed by atoms with Crippen molar-refractivity contribution in [2.45, 2.75) is 27.2 Å². The molecule has 1 aliphatic carbocycles. The maximum Gasteiger partial charge on any atom is 0.310 e. The highest BCUT2D eigenvalue weighted by molar-refractivity contribution is 5.94. The zero-order valence-corrected chi connectivity index (χ0v) is 7.63. The molecule has 1 N–H and O–H groups in total. The number of hydrogen-bond acceptors (Lipinski definition) is 2. The minimum atomic E-state index is -0.846. The quantitative estimate of drug-likeness (QED) is 0.695. The summed E-state index contributed by atoms with van der Waals surface area (Å²) in [6.45, 7) is 5.26. The number of hydrogen-bond donors (Lipinski definition) is 1. The summed E-state index contributed by atoms with van der Waals surface area (Å²) in [6, 6.07) is 0. The van der Waals surface area contributed by atoms with Gasteiger partial charge in [-0.1, -0.05) is 13.8 Å². The SMILES string of the molecule is CC(C)C(=O)C1CC1(C)C(=O)O. The Hall–Kier alpha value is -0.860. The van der Waals surface area contributed by atoms with Gasteiger partial charge in [0.2, 0.25) is 0 Å². The highest BCUT2D eigenvalue weighted by atomic mass is 16.4. The normalized spacial score (nSPS) is 33.5. The Bertz CT molecular complexity index is 232. The number of carbonyl (C=O) groups excluding carboxylic acids is 1. The number of aliphatic carboxylic acids is 1. The first-order valence-electron chi connectivity index (χ1n) is 4.16. The molecule has 2 atom stereocenters. The van der Waals surface area contributed by atoms with E-state index in [4.69, 9.17) is 5.11 Å². The van der Waals surface area contributed by atoms with Gasteiger partial charge in [0.15, 0.2) is 0 Å². The third-order valence-corrected chi connectivity index (χ3v) is 2.64. The molecule has 3 heteroatoms. The summed E-state index contributed by atoms with van der Waals surface area (Å²) in [5.41, 5.74) is -0.763. The summed E-state index contributed by atoms with van der Waals surface area (Å²) in [4.78, 5) is 22.0. The van der Waals surface area contributed by atoms with Crippen LogP contribution in [0.3, 0.4) is 0 Å². The van der Waals surface area contributed by atoms with Gasteiger partial charge in [-0.2, -0.15) is 0 Å². The molecule has 2 unspecified atom stereocenters. The van der Waals surface area contributed by atoms with Crippen LogP contribution in [0.25, 0.3) is 0 Å². The van der Waals surface area contributed by atoms with Crippen LogP contribution < -0.4 is 0 Å². The predicted octanol–water partition coefficient (Wildman–Crippen LogP) is 1.32. The molecule has 1 rings (SSSR count). The largest absolute Gasteiger partial charge is 0.481 e. The van der Waals surface area contributed by atoms with Gasteiger partial charge in [0.25, 0.3) is 0 Å². The Balaban J connectivity index is 2.63. The van der Waals surface area contributed by atoms with Gasteiger partial charge in [0, 0.05) is 11.8 Å². The maximum absolute atomic E-state index is 11.4. The molecule has 0 saturated heterocycles. The highest BCUT2D eigenvalue weighted by Gasteiger charge is 2.60. The van der Waals surface area contributed by atoms with E-state index in [1.807, 2.05) is 13.8 Å². The summed E-state index contributed by atoms with van der Waals surface area (Å²) in [7, 11) is 0. The van der Waals surface area contributed by atoms with Crippen molar-refractivity contribution in [1.82, 2.24) is 0 Å². The Morgan fingerprint density at radius 1 is 1.50 bits per heavy atom. The second-order valence-corrected chi connectivity index (χ2v) is 4.04. The molecule has 3 nitrogen and oxygen atoms in total. The number of ketones is 1. The van der Waals surface area contributed by atoms with Crippen LogP contribution in [0.2, 0.25) is 0 Å². The molecule has 0 amide bonds. The lowest BCUT2D eigenvalue weighted by Gasteiger charge is -2.05. The average molecular weight is 170 g/mol. The van der Waals surface area contributed by atoms with E-state index < -0.39 is 11.4 Å². The molecule has 1 fully saturated rings. The van der Waals surface area contributed by atoms with Crippen LogP contribution in [0.4, 0.5) is 0 Å². The first-order valence-corrected chi connectivity index (χ1v) is 4.16. The molecule has 0 aromatic carbocycles. The van der Waals surface area contributed by atoms with Crippen molar-refractivity contribution in [2.24, 2.45) is 17.3 Å². The zero-order chi connectivity index (χ0) is 9.52. The Morgan fingerprint density at radius 2 is 2.00 bits per heavy atom. The second-order valence-electron chi connectivity index (χ2n) is 4.04. The van der Waals surface area contributed by atoms with Crippen LogP contribution >= 0.6 is 0 Å². The van der Waals surface area contributed by atoms with Crippen LogP contribution in [-0.4, -0.2) is 16.9 Å². The van der Waals surface area contributed by atoms with E-state index in [0.29, 0.717) is 6.42 Å². The molecular formula is C9H14O3. The van der Waals surface area contributed by atoms with E-state index in [2.05, 4.69) is 0 Å². The fourth-order valence-corrected chi connectivity index (χ4v) is 1.42. The second kappa shape index (κ2) is 2.57. The Labute approximate surface area is 71.8 Å². The molecule has 0 aromatic heterocycles. The van der Waals surface area contributed by atoms with Crippen molar-refractivity contribution in [2.75, 3.05) is 0 Å². The van der Waals surface area contributed by atoms with Crippen molar-refractivity contribution < 1.29 is 14.7 Å². The number of carboxylic acid groups (broad SMARTS) is 1.